The summed E-state index contributed by atoms with van der Waals surface area (Å²) < 4.78 is 19.1. The Kier molecular flexibility index (Phi) is 5.06. The van der Waals surface area contributed by atoms with Crippen molar-refractivity contribution >= 4 is 23.1 Å². The number of hydrogen-bond donors (Lipinski definition) is 1. The molecule has 1 aliphatic rings. The molecule has 5 nitrogen and oxygen atoms in total. The lowest BCUT2D eigenvalue weighted by atomic mass is 9.95. The summed E-state index contributed by atoms with van der Waals surface area (Å²) in [5.41, 5.74) is 1.03. The van der Waals surface area contributed by atoms with Crippen molar-refractivity contribution < 1.29 is 23.8 Å². The SMILES string of the molecule is COc1ccc(F)cc1/C(O)=C1\C(=O)C(=O)N(c2ccccc2)C1c1ccccc1. The number of ketones is 1. The second-order valence-corrected chi connectivity index (χ2v) is 6.76. The number of nitrogens with zero attached hydrogens (tertiary/aromatic N) is 1. The predicted octanol–water partition coefficient (Wildman–Crippen LogP) is 4.46. The number of halogens is 1. The van der Waals surface area contributed by atoms with Gasteiger partial charge in [-0.05, 0) is 35.9 Å². The average molecular weight is 403 g/mol. The summed E-state index contributed by atoms with van der Waals surface area (Å²) in [4.78, 5) is 27.4. The molecule has 30 heavy (non-hydrogen) atoms. The molecule has 1 aliphatic heterocycles. The molecule has 150 valence electrons. The number of para-hydroxylation sites is 1. The first kappa shape index (κ1) is 19.4. The van der Waals surface area contributed by atoms with Crippen LogP contribution in [0, 0.1) is 5.82 Å². The van der Waals surface area contributed by atoms with Crippen LogP contribution in [0.15, 0.2) is 84.4 Å². The minimum Gasteiger partial charge on any atom is -0.507 e. The van der Waals surface area contributed by atoms with E-state index < -0.39 is 29.3 Å². The molecule has 4 rings (SSSR count). The number of carbonyl (C=O) groups is 2. The lowest BCUT2D eigenvalue weighted by Gasteiger charge is -2.25. The van der Waals surface area contributed by atoms with Gasteiger partial charge in [0.1, 0.15) is 17.3 Å². The van der Waals surface area contributed by atoms with Gasteiger partial charge in [-0.1, -0.05) is 48.5 Å². The Morgan fingerprint density at radius 1 is 0.967 bits per heavy atom. The lowest BCUT2D eigenvalue weighted by molar-refractivity contribution is -0.132. The normalized spacial score (nSPS) is 17.9. The zero-order chi connectivity index (χ0) is 21.3. The number of hydrogen-bond acceptors (Lipinski definition) is 4. The number of benzene rings is 3. The van der Waals surface area contributed by atoms with Gasteiger partial charge in [-0.3, -0.25) is 14.5 Å². The van der Waals surface area contributed by atoms with Crippen LogP contribution in [-0.2, 0) is 9.59 Å². The third-order valence-corrected chi connectivity index (χ3v) is 5.01. The van der Waals surface area contributed by atoms with E-state index in [0.29, 0.717) is 11.3 Å². The van der Waals surface area contributed by atoms with Crippen LogP contribution in [0.2, 0.25) is 0 Å². The van der Waals surface area contributed by atoms with Crippen molar-refractivity contribution in [3.8, 4) is 5.75 Å². The van der Waals surface area contributed by atoms with Crippen LogP contribution < -0.4 is 9.64 Å². The first-order valence-electron chi connectivity index (χ1n) is 9.28. The molecule has 0 radical (unpaired) electrons. The van der Waals surface area contributed by atoms with E-state index in [4.69, 9.17) is 4.74 Å². The van der Waals surface area contributed by atoms with Gasteiger partial charge < -0.3 is 9.84 Å². The van der Waals surface area contributed by atoms with Crippen LogP contribution in [0.25, 0.3) is 5.76 Å². The van der Waals surface area contributed by atoms with E-state index in [2.05, 4.69) is 0 Å². The smallest absolute Gasteiger partial charge is 0.300 e. The van der Waals surface area contributed by atoms with Crippen molar-refractivity contribution in [1.29, 1.82) is 0 Å². The van der Waals surface area contributed by atoms with Crippen LogP contribution in [0.4, 0.5) is 10.1 Å². The van der Waals surface area contributed by atoms with Gasteiger partial charge in [-0.15, -0.1) is 0 Å². The summed E-state index contributed by atoms with van der Waals surface area (Å²) in [5, 5.41) is 11.1. The highest BCUT2D eigenvalue weighted by molar-refractivity contribution is 6.51. The van der Waals surface area contributed by atoms with E-state index in [-0.39, 0.29) is 16.9 Å². The number of aliphatic hydroxyl groups excluding tert-OH is 1. The van der Waals surface area contributed by atoms with Gasteiger partial charge in [-0.2, -0.15) is 0 Å². The summed E-state index contributed by atoms with van der Waals surface area (Å²) >= 11 is 0. The molecule has 0 aromatic heterocycles. The Morgan fingerprint density at radius 3 is 2.23 bits per heavy atom. The van der Waals surface area contributed by atoms with E-state index in [0.717, 1.165) is 6.07 Å². The minimum atomic E-state index is -0.874. The van der Waals surface area contributed by atoms with Crippen LogP contribution >= 0.6 is 0 Å². The molecule has 1 saturated heterocycles. The first-order chi connectivity index (χ1) is 14.5. The number of anilines is 1. The average Bonchev–Trinajstić information content (AvgIpc) is 3.05. The van der Waals surface area contributed by atoms with Gasteiger partial charge in [0.25, 0.3) is 11.7 Å². The van der Waals surface area contributed by atoms with Crippen molar-refractivity contribution in [2.75, 3.05) is 12.0 Å². The Balaban J connectivity index is 1.98. The molecule has 0 saturated carbocycles. The zero-order valence-electron chi connectivity index (χ0n) is 16.1. The Labute approximate surface area is 172 Å². The van der Waals surface area contributed by atoms with Gasteiger partial charge in [-0.25, -0.2) is 4.39 Å². The highest BCUT2D eigenvalue weighted by Gasteiger charge is 2.47. The van der Waals surface area contributed by atoms with E-state index in [1.165, 1.54) is 24.1 Å². The highest BCUT2D eigenvalue weighted by atomic mass is 19.1. The van der Waals surface area contributed by atoms with Gasteiger partial charge in [0.05, 0.1) is 24.3 Å². The number of carbonyl (C=O) groups excluding carboxylic acids is 2. The quantitative estimate of drug-likeness (QED) is 0.397. The zero-order valence-corrected chi connectivity index (χ0v) is 16.1. The third-order valence-electron chi connectivity index (χ3n) is 5.01. The highest BCUT2D eigenvalue weighted by Crippen LogP contribution is 2.43. The maximum atomic E-state index is 13.9. The van der Waals surface area contributed by atoms with Crippen molar-refractivity contribution in [2.24, 2.45) is 0 Å². The number of rotatable bonds is 4. The maximum absolute atomic E-state index is 13.9. The fourth-order valence-electron chi connectivity index (χ4n) is 3.65. The standard InChI is InChI=1S/C24H18FNO4/c1-30-19-13-12-16(25)14-18(19)22(27)20-21(15-8-4-2-5-9-15)26(24(29)23(20)28)17-10-6-3-7-11-17/h2-14,21,27H,1H3/b22-20+. The fraction of sp³-hybridized carbons (Fsp3) is 0.0833. The van der Waals surface area contributed by atoms with Crippen molar-refractivity contribution in [3.63, 3.8) is 0 Å². The molecule has 0 spiro atoms. The number of amides is 1. The summed E-state index contributed by atoms with van der Waals surface area (Å²) in [6, 6.07) is 20.4. The molecule has 0 aliphatic carbocycles. The molecule has 6 heteroatoms. The third kappa shape index (κ3) is 3.22. The van der Waals surface area contributed by atoms with E-state index in [1.54, 1.807) is 54.6 Å². The van der Waals surface area contributed by atoms with Crippen molar-refractivity contribution in [2.45, 2.75) is 6.04 Å². The van der Waals surface area contributed by atoms with Gasteiger partial charge in [0, 0.05) is 5.69 Å². The molecule has 1 N–H and O–H groups in total. The molecule has 1 heterocycles. The molecular weight excluding hydrogens is 385 g/mol. The fourth-order valence-corrected chi connectivity index (χ4v) is 3.65. The van der Waals surface area contributed by atoms with Crippen LogP contribution in [0.5, 0.6) is 5.75 Å². The Morgan fingerprint density at radius 2 is 1.60 bits per heavy atom. The van der Waals surface area contributed by atoms with Crippen LogP contribution in [-0.4, -0.2) is 23.9 Å². The second kappa shape index (κ2) is 7.83. The van der Waals surface area contributed by atoms with Gasteiger partial charge >= 0.3 is 0 Å². The summed E-state index contributed by atoms with van der Waals surface area (Å²) in [5.74, 6) is -2.53. The minimum absolute atomic E-state index is 0.00416. The summed E-state index contributed by atoms with van der Waals surface area (Å²) in [7, 11) is 1.38. The summed E-state index contributed by atoms with van der Waals surface area (Å²) in [6.45, 7) is 0. The monoisotopic (exact) mass is 403 g/mol. The van der Waals surface area contributed by atoms with Gasteiger partial charge in [0.2, 0.25) is 0 Å². The van der Waals surface area contributed by atoms with E-state index in [9.17, 15) is 19.1 Å². The maximum Gasteiger partial charge on any atom is 0.300 e. The predicted molar refractivity (Wildman–Crippen MR) is 111 cm³/mol. The molecule has 3 aromatic rings. The van der Waals surface area contributed by atoms with Crippen molar-refractivity contribution in [3.05, 3.63) is 101 Å². The second-order valence-electron chi connectivity index (χ2n) is 6.76. The van der Waals surface area contributed by atoms with Crippen LogP contribution in [0.1, 0.15) is 17.2 Å². The Hall–Kier alpha value is -3.93. The topological polar surface area (TPSA) is 66.8 Å². The number of methoxy groups -OCH3 is 1. The molecule has 0 bridgehead atoms. The lowest BCUT2D eigenvalue weighted by Crippen LogP contribution is -2.29. The molecule has 1 amide bonds. The molecule has 1 unspecified atom stereocenters. The van der Waals surface area contributed by atoms with Crippen molar-refractivity contribution in [1.82, 2.24) is 0 Å². The molecule has 1 fully saturated rings. The largest absolute Gasteiger partial charge is 0.507 e. The number of aliphatic hydroxyl groups is 1. The molecular formula is C24H18FNO4. The van der Waals surface area contributed by atoms with Gasteiger partial charge in [0.15, 0.2) is 0 Å². The van der Waals surface area contributed by atoms with E-state index >= 15 is 0 Å². The van der Waals surface area contributed by atoms with Crippen LogP contribution in [0.3, 0.4) is 0 Å². The van der Waals surface area contributed by atoms with E-state index in [1.807, 2.05) is 6.07 Å². The number of ether oxygens (including phenoxy) is 1. The number of Topliss-reactive ketones (excluding diaryl/α,β-unsaturated/α-hetero) is 1. The first-order valence-corrected chi connectivity index (χ1v) is 9.28. The summed E-state index contributed by atoms with van der Waals surface area (Å²) in [6.07, 6.45) is 0. The molecule has 3 aromatic carbocycles. The molecule has 1 atom stereocenters. The Bertz CT molecular complexity index is 1140.